The van der Waals surface area contributed by atoms with E-state index in [1.165, 1.54) is 0 Å². The van der Waals surface area contributed by atoms with Gasteiger partial charge in [-0.05, 0) is 30.7 Å². The standard InChI is InChI=1S/C19H15BrN4S/c1-2-22-19-24(23-12-15-9-7-14(11-21)8-10-15)18(13-25-19)16-5-3-4-6-17(16)20/h3-10,12-13H,2H2,1H3/b22-19?,23-12-. The van der Waals surface area contributed by atoms with Crippen molar-refractivity contribution in [2.75, 3.05) is 6.54 Å². The Morgan fingerprint density at radius 3 is 2.64 bits per heavy atom. The highest BCUT2D eigenvalue weighted by molar-refractivity contribution is 9.10. The number of hydrogen-bond acceptors (Lipinski definition) is 4. The third kappa shape index (κ3) is 3.95. The van der Waals surface area contributed by atoms with Crippen LogP contribution in [0.4, 0.5) is 0 Å². The van der Waals surface area contributed by atoms with Crippen LogP contribution in [-0.2, 0) is 0 Å². The first-order chi connectivity index (χ1) is 12.2. The molecule has 0 aliphatic carbocycles. The van der Waals surface area contributed by atoms with E-state index >= 15 is 0 Å². The van der Waals surface area contributed by atoms with Gasteiger partial charge in [-0.3, -0.25) is 4.99 Å². The molecule has 4 nitrogen and oxygen atoms in total. The van der Waals surface area contributed by atoms with Crippen LogP contribution < -0.4 is 4.80 Å². The maximum absolute atomic E-state index is 8.89. The summed E-state index contributed by atoms with van der Waals surface area (Å²) in [6.07, 6.45) is 1.78. The minimum Gasteiger partial charge on any atom is -0.258 e. The lowest BCUT2D eigenvalue weighted by molar-refractivity contribution is 0.832. The molecular weight excluding hydrogens is 396 g/mol. The number of nitriles is 1. The molecule has 0 amide bonds. The summed E-state index contributed by atoms with van der Waals surface area (Å²) in [6, 6.07) is 17.5. The van der Waals surface area contributed by atoms with Gasteiger partial charge in [0.1, 0.15) is 0 Å². The summed E-state index contributed by atoms with van der Waals surface area (Å²) >= 11 is 5.17. The highest BCUT2D eigenvalue weighted by Crippen LogP contribution is 2.28. The largest absolute Gasteiger partial charge is 0.258 e. The number of halogens is 1. The molecule has 3 aromatic rings. The van der Waals surface area contributed by atoms with E-state index in [9.17, 15) is 0 Å². The molecule has 0 radical (unpaired) electrons. The maximum atomic E-state index is 8.89. The zero-order chi connectivity index (χ0) is 17.6. The fraction of sp³-hybridized carbons (Fsp3) is 0.105. The summed E-state index contributed by atoms with van der Waals surface area (Å²) in [5.74, 6) is 0. The van der Waals surface area contributed by atoms with Crippen LogP contribution >= 0.6 is 27.3 Å². The summed E-state index contributed by atoms with van der Waals surface area (Å²) < 4.78 is 2.87. The van der Waals surface area contributed by atoms with E-state index < -0.39 is 0 Å². The van der Waals surface area contributed by atoms with E-state index in [0.717, 1.165) is 26.1 Å². The van der Waals surface area contributed by atoms with E-state index in [2.05, 4.69) is 43.5 Å². The summed E-state index contributed by atoms with van der Waals surface area (Å²) in [4.78, 5) is 5.38. The average molecular weight is 411 g/mol. The third-order valence-electron chi connectivity index (χ3n) is 3.49. The molecule has 0 aliphatic heterocycles. The van der Waals surface area contributed by atoms with E-state index in [1.54, 1.807) is 29.7 Å². The monoisotopic (exact) mass is 410 g/mol. The molecule has 0 spiro atoms. The Labute approximate surface area is 158 Å². The van der Waals surface area contributed by atoms with E-state index in [0.29, 0.717) is 12.1 Å². The highest BCUT2D eigenvalue weighted by Gasteiger charge is 2.09. The Morgan fingerprint density at radius 1 is 1.20 bits per heavy atom. The average Bonchev–Trinajstić information content (AvgIpc) is 3.03. The summed E-state index contributed by atoms with van der Waals surface area (Å²) in [6.45, 7) is 2.70. The number of aromatic nitrogens is 1. The van der Waals surface area contributed by atoms with E-state index in [1.807, 2.05) is 41.9 Å². The van der Waals surface area contributed by atoms with E-state index in [4.69, 9.17) is 5.26 Å². The van der Waals surface area contributed by atoms with Gasteiger partial charge in [0.2, 0.25) is 4.80 Å². The van der Waals surface area contributed by atoms with Crippen molar-refractivity contribution in [2.24, 2.45) is 10.1 Å². The number of thiazole rings is 1. The molecule has 0 aliphatic rings. The molecule has 0 bridgehead atoms. The lowest BCUT2D eigenvalue weighted by Gasteiger charge is -2.05. The Balaban J connectivity index is 2.06. The Bertz CT molecular complexity index is 1010. The number of benzene rings is 2. The zero-order valence-electron chi connectivity index (χ0n) is 13.6. The SMILES string of the molecule is CCN=c1scc(-c2ccccc2Br)n1/N=C\c1ccc(C#N)cc1. The molecule has 0 fully saturated rings. The zero-order valence-corrected chi connectivity index (χ0v) is 16.0. The van der Waals surface area contributed by atoms with Crippen LogP contribution in [0.1, 0.15) is 18.1 Å². The molecule has 0 saturated carbocycles. The van der Waals surface area contributed by atoms with Gasteiger partial charge in [0.25, 0.3) is 0 Å². The van der Waals surface area contributed by atoms with Gasteiger partial charge in [0.05, 0.1) is 23.5 Å². The molecule has 3 rings (SSSR count). The highest BCUT2D eigenvalue weighted by atomic mass is 79.9. The van der Waals surface area contributed by atoms with Crippen molar-refractivity contribution in [3.8, 4) is 17.3 Å². The first-order valence-corrected chi connectivity index (χ1v) is 9.40. The van der Waals surface area contributed by atoms with Gasteiger partial charge in [0, 0.05) is 22.0 Å². The first-order valence-electron chi connectivity index (χ1n) is 7.73. The van der Waals surface area contributed by atoms with Gasteiger partial charge in [-0.1, -0.05) is 46.3 Å². The van der Waals surface area contributed by atoms with Crippen molar-refractivity contribution >= 4 is 33.5 Å². The van der Waals surface area contributed by atoms with Gasteiger partial charge in [0.15, 0.2) is 0 Å². The molecule has 124 valence electrons. The number of rotatable bonds is 4. The summed E-state index contributed by atoms with van der Waals surface area (Å²) in [5.41, 5.74) is 3.61. The molecule has 1 aromatic heterocycles. The molecule has 1 heterocycles. The Morgan fingerprint density at radius 2 is 1.96 bits per heavy atom. The molecule has 0 unspecified atom stereocenters. The normalized spacial score (nSPS) is 11.8. The molecule has 25 heavy (non-hydrogen) atoms. The predicted molar refractivity (Wildman–Crippen MR) is 106 cm³/mol. The van der Waals surface area contributed by atoms with Crippen LogP contribution in [0.25, 0.3) is 11.3 Å². The fourth-order valence-corrected chi connectivity index (χ4v) is 3.66. The lowest BCUT2D eigenvalue weighted by atomic mass is 10.2. The van der Waals surface area contributed by atoms with Crippen LogP contribution in [0, 0.1) is 11.3 Å². The topological polar surface area (TPSA) is 53.4 Å². The first kappa shape index (κ1) is 17.3. The second kappa shape index (κ2) is 8.06. The molecule has 0 atom stereocenters. The summed E-state index contributed by atoms with van der Waals surface area (Å²) in [5, 5.41) is 15.6. The molecule has 6 heteroatoms. The van der Waals surface area contributed by atoms with Crippen molar-refractivity contribution < 1.29 is 0 Å². The third-order valence-corrected chi connectivity index (χ3v) is 5.04. The van der Waals surface area contributed by atoms with Crippen molar-refractivity contribution in [1.29, 1.82) is 5.26 Å². The molecular formula is C19H15BrN4S. The second-order valence-electron chi connectivity index (χ2n) is 5.15. The number of hydrogen-bond donors (Lipinski definition) is 0. The minimum absolute atomic E-state index is 0.635. The lowest BCUT2D eigenvalue weighted by Crippen LogP contribution is -2.12. The van der Waals surface area contributed by atoms with Crippen LogP contribution in [0.3, 0.4) is 0 Å². The van der Waals surface area contributed by atoms with Crippen molar-refractivity contribution in [2.45, 2.75) is 6.92 Å². The number of nitrogens with zero attached hydrogens (tertiary/aromatic N) is 4. The van der Waals surface area contributed by atoms with Gasteiger partial charge in [-0.25, -0.2) is 4.68 Å². The maximum Gasteiger partial charge on any atom is 0.206 e. The quantitative estimate of drug-likeness (QED) is 0.577. The Hall–Kier alpha value is -2.49. The van der Waals surface area contributed by atoms with Crippen LogP contribution in [-0.4, -0.2) is 17.4 Å². The molecule has 2 aromatic carbocycles. The van der Waals surface area contributed by atoms with Crippen LogP contribution in [0.15, 0.2) is 68.5 Å². The minimum atomic E-state index is 0.635. The summed E-state index contributed by atoms with van der Waals surface area (Å²) in [7, 11) is 0. The second-order valence-corrected chi connectivity index (χ2v) is 6.84. The molecule has 0 saturated heterocycles. The van der Waals surface area contributed by atoms with Crippen molar-refractivity contribution in [1.82, 2.24) is 4.68 Å². The van der Waals surface area contributed by atoms with Gasteiger partial charge < -0.3 is 0 Å². The van der Waals surface area contributed by atoms with Gasteiger partial charge in [-0.2, -0.15) is 10.4 Å². The van der Waals surface area contributed by atoms with Gasteiger partial charge in [-0.15, -0.1) is 11.3 Å². The van der Waals surface area contributed by atoms with E-state index in [-0.39, 0.29) is 0 Å². The van der Waals surface area contributed by atoms with Crippen molar-refractivity contribution in [3.05, 3.63) is 74.3 Å². The smallest absolute Gasteiger partial charge is 0.206 e. The van der Waals surface area contributed by atoms with Crippen LogP contribution in [0.2, 0.25) is 0 Å². The predicted octanol–water partition coefficient (Wildman–Crippen LogP) is 4.65. The van der Waals surface area contributed by atoms with Crippen LogP contribution in [0.5, 0.6) is 0 Å². The Kier molecular flexibility index (Phi) is 5.59. The van der Waals surface area contributed by atoms with Gasteiger partial charge >= 0.3 is 0 Å². The fourth-order valence-electron chi connectivity index (χ4n) is 2.28. The molecule has 0 N–H and O–H groups in total. The van der Waals surface area contributed by atoms with Crippen molar-refractivity contribution in [3.63, 3.8) is 0 Å².